The largest absolute Gasteiger partial charge is 0.481 e. The summed E-state index contributed by atoms with van der Waals surface area (Å²) in [5.74, 6) is -0.805. The number of para-hydroxylation sites is 1. The lowest BCUT2D eigenvalue weighted by Crippen LogP contribution is -2.20. The summed E-state index contributed by atoms with van der Waals surface area (Å²) in [5.41, 5.74) is 4.74. The molecule has 0 bridgehead atoms. The molecule has 6 heteroatoms. The zero-order chi connectivity index (χ0) is 18.6. The van der Waals surface area contributed by atoms with Crippen molar-refractivity contribution in [3.8, 4) is 17.0 Å². The zero-order valence-corrected chi connectivity index (χ0v) is 15.5. The third kappa shape index (κ3) is 4.17. The molecule has 1 amide bonds. The van der Waals surface area contributed by atoms with Gasteiger partial charge in [-0.05, 0) is 55.0 Å². The first-order chi connectivity index (χ1) is 13.2. The number of amides is 1. The highest BCUT2D eigenvalue weighted by atomic mass is 32.1. The molecule has 0 unspecified atom stereocenters. The maximum Gasteiger partial charge on any atom is 0.264 e. The number of halogens is 1. The minimum absolute atomic E-state index is 0.0570. The van der Waals surface area contributed by atoms with Crippen LogP contribution >= 0.6 is 11.3 Å². The summed E-state index contributed by atoms with van der Waals surface area (Å²) in [4.78, 5) is 16.5. The van der Waals surface area contributed by atoms with Crippen molar-refractivity contribution < 1.29 is 13.9 Å². The summed E-state index contributed by atoms with van der Waals surface area (Å²) in [6, 6.07) is 12.5. The smallest absolute Gasteiger partial charge is 0.264 e. The van der Waals surface area contributed by atoms with Crippen molar-refractivity contribution in [2.75, 3.05) is 11.9 Å². The molecule has 4 rings (SSSR count). The van der Waals surface area contributed by atoms with Gasteiger partial charge < -0.3 is 4.74 Å². The van der Waals surface area contributed by atoms with Crippen molar-refractivity contribution in [3.63, 3.8) is 0 Å². The Bertz CT molecular complexity index is 970. The Labute approximate surface area is 161 Å². The van der Waals surface area contributed by atoms with Crippen molar-refractivity contribution in [2.24, 2.45) is 0 Å². The van der Waals surface area contributed by atoms with E-state index in [1.54, 1.807) is 12.1 Å². The number of fused-ring (bicyclic) bond motifs is 1. The molecular weight excluding hydrogens is 363 g/mol. The molecule has 1 N–H and O–H groups in total. The molecule has 0 radical (unpaired) electrons. The number of ether oxygens (including phenoxy) is 1. The minimum atomic E-state index is -0.491. The molecule has 3 aromatic rings. The lowest BCUT2D eigenvalue weighted by molar-refractivity contribution is -0.118. The molecular formula is C21H19FN2O2S. The van der Waals surface area contributed by atoms with Crippen LogP contribution in [-0.2, 0) is 17.6 Å². The molecule has 138 valence electrons. The molecule has 4 nitrogen and oxygen atoms in total. The zero-order valence-electron chi connectivity index (χ0n) is 14.7. The Hall–Kier alpha value is -2.73. The Balaban J connectivity index is 1.39. The van der Waals surface area contributed by atoms with E-state index in [-0.39, 0.29) is 18.3 Å². The van der Waals surface area contributed by atoms with Crippen LogP contribution < -0.4 is 10.1 Å². The van der Waals surface area contributed by atoms with Crippen molar-refractivity contribution in [1.82, 2.24) is 4.98 Å². The highest BCUT2D eigenvalue weighted by Crippen LogP contribution is 2.29. The van der Waals surface area contributed by atoms with E-state index in [9.17, 15) is 9.18 Å². The predicted molar refractivity (Wildman–Crippen MR) is 105 cm³/mol. The summed E-state index contributed by atoms with van der Waals surface area (Å²) >= 11 is 1.36. The molecule has 0 aliphatic heterocycles. The maximum atomic E-state index is 13.5. The molecule has 0 atom stereocenters. The quantitative estimate of drug-likeness (QED) is 0.687. The van der Waals surface area contributed by atoms with Crippen molar-refractivity contribution in [3.05, 3.63) is 64.8 Å². The monoisotopic (exact) mass is 382 g/mol. The van der Waals surface area contributed by atoms with Crippen LogP contribution in [0.2, 0.25) is 0 Å². The lowest BCUT2D eigenvalue weighted by atomic mass is 9.90. The van der Waals surface area contributed by atoms with Gasteiger partial charge in [0.25, 0.3) is 5.91 Å². The average molecular weight is 382 g/mol. The van der Waals surface area contributed by atoms with E-state index >= 15 is 0 Å². The van der Waals surface area contributed by atoms with Crippen LogP contribution in [0.5, 0.6) is 5.75 Å². The highest BCUT2D eigenvalue weighted by molar-refractivity contribution is 7.14. The normalized spacial score (nSPS) is 13.1. The van der Waals surface area contributed by atoms with Crippen LogP contribution in [0.1, 0.15) is 24.0 Å². The fourth-order valence-electron chi connectivity index (χ4n) is 3.22. The molecule has 1 heterocycles. The van der Waals surface area contributed by atoms with Gasteiger partial charge in [0.15, 0.2) is 23.3 Å². The Morgan fingerprint density at radius 2 is 1.96 bits per heavy atom. The van der Waals surface area contributed by atoms with E-state index < -0.39 is 5.82 Å². The number of benzene rings is 2. The third-order valence-corrected chi connectivity index (χ3v) is 5.35. The molecule has 0 fully saturated rings. The first-order valence-electron chi connectivity index (χ1n) is 8.94. The fraction of sp³-hybridized carbons (Fsp3) is 0.238. The van der Waals surface area contributed by atoms with Crippen molar-refractivity contribution >= 4 is 22.4 Å². The van der Waals surface area contributed by atoms with Crippen LogP contribution in [-0.4, -0.2) is 17.5 Å². The number of rotatable bonds is 5. The number of anilines is 1. The van der Waals surface area contributed by atoms with E-state index in [4.69, 9.17) is 4.74 Å². The van der Waals surface area contributed by atoms with Crippen LogP contribution in [0.4, 0.5) is 9.52 Å². The molecule has 2 aromatic carbocycles. The van der Waals surface area contributed by atoms with Crippen molar-refractivity contribution in [1.29, 1.82) is 0 Å². The highest BCUT2D eigenvalue weighted by Gasteiger charge is 2.13. The summed E-state index contributed by atoms with van der Waals surface area (Å²) in [7, 11) is 0. The number of hydrogen-bond acceptors (Lipinski definition) is 4. The van der Waals surface area contributed by atoms with Gasteiger partial charge in [-0.1, -0.05) is 24.3 Å². The average Bonchev–Trinajstić information content (AvgIpc) is 3.15. The number of hydrogen-bond donors (Lipinski definition) is 1. The third-order valence-electron chi connectivity index (χ3n) is 4.59. The first kappa shape index (κ1) is 17.7. The van der Waals surface area contributed by atoms with Gasteiger partial charge in [0.2, 0.25) is 0 Å². The number of thiazole rings is 1. The minimum Gasteiger partial charge on any atom is -0.481 e. The summed E-state index contributed by atoms with van der Waals surface area (Å²) in [6.07, 6.45) is 4.76. The SMILES string of the molecule is O=C(COc1ccccc1F)Nc1nc(-c2ccc3c(c2)CCCC3)cs1. The van der Waals surface area contributed by atoms with Gasteiger partial charge in [0, 0.05) is 10.9 Å². The van der Waals surface area contributed by atoms with Gasteiger partial charge in [-0.25, -0.2) is 9.37 Å². The van der Waals surface area contributed by atoms with E-state index in [0.717, 1.165) is 24.1 Å². The summed E-state index contributed by atoms with van der Waals surface area (Å²) in [5, 5.41) is 5.14. The molecule has 0 spiro atoms. The molecule has 27 heavy (non-hydrogen) atoms. The van der Waals surface area contributed by atoms with Crippen LogP contribution in [0.25, 0.3) is 11.3 Å². The van der Waals surface area contributed by atoms with E-state index in [2.05, 4.69) is 28.5 Å². The molecule has 1 aromatic heterocycles. The number of aromatic nitrogens is 1. The second-order valence-electron chi connectivity index (χ2n) is 6.50. The number of carbonyl (C=O) groups excluding carboxylic acids is 1. The summed E-state index contributed by atoms with van der Waals surface area (Å²) < 4.78 is 18.7. The van der Waals surface area contributed by atoms with Gasteiger partial charge in [-0.2, -0.15) is 0 Å². The number of nitrogens with one attached hydrogen (secondary N) is 1. The van der Waals surface area contributed by atoms with Gasteiger partial charge in [-0.3, -0.25) is 10.1 Å². The Morgan fingerprint density at radius 3 is 2.81 bits per heavy atom. The predicted octanol–water partition coefficient (Wildman–Crippen LogP) is 4.85. The second-order valence-corrected chi connectivity index (χ2v) is 7.35. The van der Waals surface area contributed by atoms with Crippen LogP contribution in [0.3, 0.4) is 0 Å². The van der Waals surface area contributed by atoms with Crippen molar-refractivity contribution in [2.45, 2.75) is 25.7 Å². The topological polar surface area (TPSA) is 51.2 Å². The molecule has 1 aliphatic carbocycles. The van der Waals surface area contributed by atoms with E-state index in [0.29, 0.717) is 5.13 Å². The van der Waals surface area contributed by atoms with Crippen LogP contribution in [0, 0.1) is 5.82 Å². The van der Waals surface area contributed by atoms with Gasteiger partial charge in [0.1, 0.15) is 0 Å². The second kappa shape index (κ2) is 7.88. The van der Waals surface area contributed by atoms with E-state index in [1.165, 1.54) is 47.4 Å². The molecule has 1 aliphatic rings. The van der Waals surface area contributed by atoms with Gasteiger partial charge >= 0.3 is 0 Å². The molecule has 0 saturated heterocycles. The fourth-order valence-corrected chi connectivity index (χ4v) is 3.95. The maximum absolute atomic E-state index is 13.5. The first-order valence-corrected chi connectivity index (χ1v) is 9.82. The standard InChI is InChI=1S/C21H19FN2O2S/c22-17-7-3-4-8-19(17)26-12-20(25)24-21-23-18(13-27-21)16-10-9-14-5-1-2-6-15(14)11-16/h3-4,7-11,13H,1-2,5-6,12H2,(H,23,24,25). The van der Waals surface area contributed by atoms with Gasteiger partial charge in [0.05, 0.1) is 5.69 Å². The van der Waals surface area contributed by atoms with E-state index in [1.807, 2.05) is 5.38 Å². The van der Waals surface area contributed by atoms with Crippen LogP contribution in [0.15, 0.2) is 47.8 Å². The Morgan fingerprint density at radius 1 is 1.15 bits per heavy atom. The summed E-state index contributed by atoms with van der Waals surface area (Å²) in [6.45, 7) is -0.269. The van der Waals surface area contributed by atoms with Gasteiger partial charge in [-0.15, -0.1) is 11.3 Å². The number of aryl methyl sites for hydroxylation is 2. The molecule has 0 saturated carbocycles. The lowest BCUT2D eigenvalue weighted by Gasteiger charge is -2.16. The number of nitrogens with zero attached hydrogens (tertiary/aromatic N) is 1. The number of carbonyl (C=O) groups is 1. The Kier molecular flexibility index (Phi) is 5.16.